The van der Waals surface area contributed by atoms with E-state index in [9.17, 15) is 0 Å². The number of para-hydroxylation sites is 4. The van der Waals surface area contributed by atoms with E-state index in [-0.39, 0.29) is 0 Å². The topological polar surface area (TPSA) is 22.2 Å². The molecule has 0 aliphatic rings. The van der Waals surface area contributed by atoms with Crippen LogP contribution in [0.1, 0.15) is 0 Å². The van der Waals surface area contributed by atoms with Crippen LogP contribution in [-0.2, 0) is 0 Å². The summed E-state index contributed by atoms with van der Waals surface area (Å²) in [4.78, 5) is 5.10. The van der Waals surface area contributed by atoms with Crippen molar-refractivity contribution < 1.29 is 0 Å². The molecule has 3 heteroatoms. The van der Waals surface area contributed by atoms with Crippen molar-refractivity contribution in [3.63, 3.8) is 0 Å². The summed E-state index contributed by atoms with van der Waals surface area (Å²) in [6, 6.07) is 41.0. The second-order valence-corrected chi connectivity index (χ2v) is 8.85. The van der Waals surface area contributed by atoms with Crippen LogP contribution in [0, 0.1) is 0 Å². The number of hydrogen-bond donors (Lipinski definition) is 0. The molecule has 0 aliphatic carbocycles. The van der Waals surface area contributed by atoms with Gasteiger partial charge in [0.15, 0.2) is 0 Å². The van der Waals surface area contributed by atoms with Crippen LogP contribution in [0.15, 0.2) is 115 Å². The van der Waals surface area contributed by atoms with Crippen LogP contribution in [0.4, 0.5) is 0 Å². The summed E-state index contributed by atoms with van der Waals surface area (Å²) in [7, 11) is 0. The summed E-state index contributed by atoms with van der Waals surface area (Å²) < 4.78 is 4.75. The van der Waals surface area contributed by atoms with E-state index in [0.29, 0.717) is 0 Å². The van der Waals surface area contributed by atoms with Crippen LogP contribution in [0.2, 0.25) is 0 Å². The van der Waals surface area contributed by atoms with Crippen molar-refractivity contribution in [2.45, 2.75) is 0 Å². The summed E-state index contributed by atoms with van der Waals surface area (Å²) in [5.74, 6) is 0. The molecule has 0 spiro atoms. The van der Waals surface area contributed by atoms with Crippen molar-refractivity contribution in [2.24, 2.45) is 0 Å². The molecule has 0 amide bonds. The van der Waals surface area contributed by atoms with Gasteiger partial charge in [-0.2, -0.15) is 0 Å². The van der Waals surface area contributed by atoms with E-state index in [2.05, 4.69) is 124 Å². The second kappa shape index (κ2) is 6.46. The molecule has 3 aromatic heterocycles. The Bertz CT molecular complexity index is 2060. The molecule has 0 unspecified atom stereocenters. The molecule has 0 atom stereocenters. The Morgan fingerprint density at radius 1 is 0.471 bits per heavy atom. The Hall–Kier alpha value is -4.63. The minimum Gasteiger partial charge on any atom is -0.309 e. The Labute approximate surface area is 195 Å². The molecule has 3 nitrogen and oxygen atoms in total. The molecule has 8 aromatic rings. The van der Waals surface area contributed by atoms with Gasteiger partial charge in [0.2, 0.25) is 0 Å². The summed E-state index contributed by atoms with van der Waals surface area (Å²) in [5, 5.41) is 6.17. The van der Waals surface area contributed by atoms with E-state index in [0.717, 1.165) is 16.7 Å². The fourth-order valence-electron chi connectivity index (χ4n) is 5.69. The first-order valence-corrected chi connectivity index (χ1v) is 11.6. The highest BCUT2D eigenvalue weighted by Gasteiger charge is 2.20. The monoisotopic (exact) mass is 433 g/mol. The van der Waals surface area contributed by atoms with E-state index < -0.39 is 0 Å². The molecule has 0 aliphatic heterocycles. The van der Waals surface area contributed by atoms with Crippen molar-refractivity contribution in [3.8, 4) is 5.69 Å². The number of fused-ring (bicyclic) bond motifs is 12. The van der Waals surface area contributed by atoms with Gasteiger partial charge in [-0.1, -0.05) is 78.9 Å². The second-order valence-electron chi connectivity index (χ2n) is 8.85. The van der Waals surface area contributed by atoms with Crippen LogP contribution in [0.5, 0.6) is 0 Å². The number of pyridine rings is 1. The molecular weight excluding hydrogens is 414 g/mol. The van der Waals surface area contributed by atoms with E-state index in [1.54, 1.807) is 0 Å². The maximum atomic E-state index is 5.10. The van der Waals surface area contributed by atoms with Gasteiger partial charge in [-0.3, -0.25) is 4.40 Å². The number of aromatic nitrogens is 3. The fourth-order valence-corrected chi connectivity index (χ4v) is 5.69. The summed E-state index contributed by atoms with van der Waals surface area (Å²) >= 11 is 0. The smallest absolute Gasteiger partial charge is 0.146 e. The molecule has 0 bridgehead atoms. The molecule has 0 N–H and O–H groups in total. The van der Waals surface area contributed by atoms with E-state index in [4.69, 9.17) is 4.98 Å². The van der Waals surface area contributed by atoms with E-state index in [1.807, 2.05) is 0 Å². The predicted molar refractivity (Wildman–Crippen MR) is 142 cm³/mol. The Morgan fingerprint density at radius 3 is 2.00 bits per heavy atom. The van der Waals surface area contributed by atoms with Crippen LogP contribution in [0.3, 0.4) is 0 Å². The van der Waals surface area contributed by atoms with Gasteiger partial charge in [0, 0.05) is 27.2 Å². The molecule has 0 fully saturated rings. The van der Waals surface area contributed by atoms with Gasteiger partial charge < -0.3 is 4.57 Å². The zero-order chi connectivity index (χ0) is 22.2. The molecule has 5 aromatic carbocycles. The standard InChI is InChI=1S/C31H19N3/c1-2-10-20(11-3-1)33-26-16-8-6-14-24(26)29-28(33)19-18-22-21-12-4-5-13-23(21)31-32-25-15-7-9-17-27(25)34(31)30(22)29/h1-19H. The number of rotatable bonds is 1. The minimum absolute atomic E-state index is 1.01. The van der Waals surface area contributed by atoms with Gasteiger partial charge >= 0.3 is 0 Å². The van der Waals surface area contributed by atoms with Gasteiger partial charge in [0.05, 0.1) is 27.6 Å². The number of imidazole rings is 1. The lowest BCUT2D eigenvalue weighted by Gasteiger charge is -2.12. The Kier molecular flexibility index (Phi) is 3.39. The van der Waals surface area contributed by atoms with Crippen molar-refractivity contribution in [2.75, 3.05) is 0 Å². The fraction of sp³-hybridized carbons (Fsp3) is 0. The van der Waals surface area contributed by atoms with Crippen LogP contribution >= 0.6 is 0 Å². The lowest BCUT2D eigenvalue weighted by Crippen LogP contribution is -1.95. The highest BCUT2D eigenvalue weighted by Crippen LogP contribution is 2.41. The summed E-state index contributed by atoms with van der Waals surface area (Å²) in [6.45, 7) is 0. The van der Waals surface area contributed by atoms with E-state index >= 15 is 0 Å². The number of hydrogen-bond acceptors (Lipinski definition) is 1. The quantitative estimate of drug-likeness (QED) is 0.241. The van der Waals surface area contributed by atoms with Gasteiger partial charge in [0.1, 0.15) is 5.65 Å². The first-order chi connectivity index (χ1) is 16.9. The average molecular weight is 434 g/mol. The highest BCUT2D eigenvalue weighted by atomic mass is 15.0. The third-order valence-electron chi connectivity index (χ3n) is 7.07. The molecule has 3 heterocycles. The van der Waals surface area contributed by atoms with Crippen LogP contribution in [-0.4, -0.2) is 14.0 Å². The van der Waals surface area contributed by atoms with E-state index in [1.165, 1.54) is 49.2 Å². The zero-order valence-corrected chi connectivity index (χ0v) is 18.3. The predicted octanol–water partition coefficient (Wildman–Crippen LogP) is 7.89. The van der Waals surface area contributed by atoms with Gasteiger partial charge in [-0.25, -0.2) is 4.98 Å². The maximum Gasteiger partial charge on any atom is 0.146 e. The Morgan fingerprint density at radius 2 is 1.15 bits per heavy atom. The normalized spacial score (nSPS) is 12.1. The molecular formula is C31H19N3. The molecule has 0 radical (unpaired) electrons. The first-order valence-electron chi connectivity index (χ1n) is 11.6. The molecule has 34 heavy (non-hydrogen) atoms. The number of benzene rings is 5. The summed E-state index contributed by atoms with van der Waals surface area (Å²) in [6.07, 6.45) is 0. The molecule has 158 valence electrons. The average Bonchev–Trinajstić information content (AvgIpc) is 3.46. The van der Waals surface area contributed by atoms with Crippen molar-refractivity contribution >= 4 is 60.2 Å². The van der Waals surface area contributed by atoms with Crippen molar-refractivity contribution in [1.82, 2.24) is 14.0 Å². The zero-order valence-electron chi connectivity index (χ0n) is 18.3. The van der Waals surface area contributed by atoms with Gasteiger partial charge in [-0.15, -0.1) is 0 Å². The maximum absolute atomic E-state index is 5.10. The largest absolute Gasteiger partial charge is 0.309 e. The molecule has 8 rings (SSSR count). The molecule has 0 saturated carbocycles. The highest BCUT2D eigenvalue weighted by molar-refractivity contribution is 6.26. The third-order valence-corrected chi connectivity index (χ3v) is 7.07. The van der Waals surface area contributed by atoms with Crippen LogP contribution in [0.25, 0.3) is 65.8 Å². The van der Waals surface area contributed by atoms with Gasteiger partial charge in [-0.05, 0) is 41.8 Å². The Balaban J connectivity index is 1.74. The van der Waals surface area contributed by atoms with Crippen molar-refractivity contribution in [3.05, 3.63) is 115 Å². The van der Waals surface area contributed by atoms with Gasteiger partial charge in [0.25, 0.3) is 0 Å². The first kappa shape index (κ1) is 17.9. The lowest BCUT2D eigenvalue weighted by molar-refractivity contribution is 1.18. The lowest BCUT2D eigenvalue weighted by atomic mass is 10.0. The molecule has 0 saturated heterocycles. The van der Waals surface area contributed by atoms with Crippen molar-refractivity contribution in [1.29, 1.82) is 0 Å². The summed E-state index contributed by atoms with van der Waals surface area (Å²) in [5.41, 5.74) is 7.96. The SMILES string of the molecule is c1ccc(-n2c3ccccc3c3c2ccc2c4ccccc4c4nc5ccccc5n4c23)cc1. The van der Waals surface area contributed by atoms with Crippen LogP contribution < -0.4 is 0 Å². The minimum atomic E-state index is 1.01. The third kappa shape index (κ3) is 2.18. The number of nitrogens with zero attached hydrogens (tertiary/aromatic N) is 3.